The van der Waals surface area contributed by atoms with Gasteiger partial charge in [0.1, 0.15) is 5.75 Å². The van der Waals surface area contributed by atoms with Gasteiger partial charge >= 0.3 is 0 Å². The van der Waals surface area contributed by atoms with E-state index in [4.69, 9.17) is 10.2 Å². The predicted molar refractivity (Wildman–Crippen MR) is 56.7 cm³/mol. The highest BCUT2D eigenvalue weighted by atomic mass is 16.3. The Morgan fingerprint density at radius 1 is 0.923 bits per heavy atom. The van der Waals surface area contributed by atoms with Gasteiger partial charge in [0.25, 0.3) is 0 Å². The standard InChI is InChI=1S/C7H8O2.2C2H6/c8-5-6-1-3-7(9)4-2-6;2*1-2/h1-4,8-9H,5H2;2*1-2H3. The highest BCUT2D eigenvalue weighted by Crippen LogP contribution is 2.08. The second kappa shape index (κ2) is 11.0. The lowest BCUT2D eigenvalue weighted by molar-refractivity contribution is 0.281. The van der Waals surface area contributed by atoms with Crippen molar-refractivity contribution in [3.8, 4) is 5.75 Å². The van der Waals surface area contributed by atoms with Crippen molar-refractivity contribution >= 4 is 0 Å². The van der Waals surface area contributed by atoms with Gasteiger partial charge in [-0.25, -0.2) is 0 Å². The fourth-order valence-corrected chi connectivity index (χ4v) is 0.601. The van der Waals surface area contributed by atoms with E-state index >= 15 is 0 Å². The maximum atomic E-state index is 8.77. The Hall–Kier alpha value is -1.02. The molecule has 0 heterocycles. The molecule has 0 radical (unpaired) electrons. The number of phenolic OH excluding ortho intramolecular Hbond substituents is 1. The Morgan fingerprint density at radius 2 is 1.31 bits per heavy atom. The van der Waals surface area contributed by atoms with E-state index in [0.29, 0.717) is 0 Å². The van der Waals surface area contributed by atoms with Gasteiger partial charge in [0.05, 0.1) is 6.61 Å². The fourth-order valence-electron chi connectivity index (χ4n) is 0.601. The van der Waals surface area contributed by atoms with E-state index < -0.39 is 0 Å². The van der Waals surface area contributed by atoms with Crippen LogP contribution in [0.4, 0.5) is 0 Å². The molecule has 76 valence electrons. The molecular formula is C11H20O2. The normalized spacial score (nSPS) is 7.46. The average molecular weight is 184 g/mol. The topological polar surface area (TPSA) is 40.5 Å². The zero-order valence-corrected chi connectivity index (χ0v) is 8.91. The van der Waals surface area contributed by atoms with Gasteiger partial charge < -0.3 is 10.2 Å². The summed E-state index contributed by atoms with van der Waals surface area (Å²) in [5, 5.41) is 17.3. The molecule has 0 aliphatic heterocycles. The van der Waals surface area contributed by atoms with Gasteiger partial charge in [0.15, 0.2) is 0 Å². The van der Waals surface area contributed by atoms with Crippen molar-refractivity contribution in [2.24, 2.45) is 0 Å². The summed E-state index contributed by atoms with van der Waals surface area (Å²) < 4.78 is 0. The van der Waals surface area contributed by atoms with Crippen LogP contribution in [0, 0.1) is 0 Å². The van der Waals surface area contributed by atoms with Gasteiger partial charge in [0.2, 0.25) is 0 Å². The van der Waals surface area contributed by atoms with Crippen molar-refractivity contribution in [1.82, 2.24) is 0 Å². The van der Waals surface area contributed by atoms with Crippen LogP contribution in [0.5, 0.6) is 5.75 Å². The van der Waals surface area contributed by atoms with Crippen LogP contribution in [0.3, 0.4) is 0 Å². The number of aliphatic hydroxyl groups excluding tert-OH is 1. The van der Waals surface area contributed by atoms with Gasteiger partial charge in [-0.1, -0.05) is 39.8 Å². The molecule has 2 heteroatoms. The van der Waals surface area contributed by atoms with E-state index in [-0.39, 0.29) is 12.4 Å². The molecule has 2 N–H and O–H groups in total. The Bertz CT molecular complexity index is 180. The number of phenols is 1. The lowest BCUT2D eigenvalue weighted by Gasteiger charge is -1.93. The summed E-state index contributed by atoms with van der Waals surface area (Å²) in [7, 11) is 0. The van der Waals surface area contributed by atoms with Gasteiger partial charge in [0, 0.05) is 0 Å². The Labute approximate surface area is 80.9 Å². The first-order chi connectivity index (χ1) is 6.33. The minimum atomic E-state index is 0.0281. The molecule has 2 nitrogen and oxygen atoms in total. The summed E-state index contributed by atoms with van der Waals surface area (Å²) in [6.07, 6.45) is 0. The van der Waals surface area contributed by atoms with Crippen molar-refractivity contribution < 1.29 is 10.2 Å². The highest BCUT2D eigenvalue weighted by Gasteiger charge is 1.87. The van der Waals surface area contributed by atoms with Gasteiger partial charge in [-0.15, -0.1) is 0 Å². The summed E-state index contributed by atoms with van der Waals surface area (Å²) >= 11 is 0. The van der Waals surface area contributed by atoms with E-state index in [1.54, 1.807) is 24.3 Å². The molecule has 0 saturated carbocycles. The molecule has 0 aliphatic carbocycles. The molecule has 0 fully saturated rings. The summed E-state index contributed by atoms with van der Waals surface area (Å²) in [4.78, 5) is 0. The maximum Gasteiger partial charge on any atom is 0.115 e. The van der Waals surface area contributed by atoms with Gasteiger partial charge in [-0.3, -0.25) is 0 Å². The quantitative estimate of drug-likeness (QED) is 0.704. The van der Waals surface area contributed by atoms with Crippen molar-refractivity contribution in [1.29, 1.82) is 0 Å². The Kier molecular flexibility index (Phi) is 12.2. The summed E-state index contributed by atoms with van der Waals surface area (Å²) in [5.41, 5.74) is 0.813. The number of aliphatic hydroxyl groups is 1. The van der Waals surface area contributed by atoms with Crippen molar-refractivity contribution in [3.05, 3.63) is 29.8 Å². The summed E-state index contributed by atoms with van der Waals surface area (Å²) in [5.74, 6) is 0.229. The number of rotatable bonds is 1. The minimum Gasteiger partial charge on any atom is -0.508 e. The summed E-state index contributed by atoms with van der Waals surface area (Å²) in [6, 6.07) is 6.45. The molecule has 13 heavy (non-hydrogen) atoms. The van der Waals surface area contributed by atoms with Crippen LogP contribution in [0.25, 0.3) is 0 Å². The van der Waals surface area contributed by atoms with Crippen LogP contribution in [-0.4, -0.2) is 10.2 Å². The third kappa shape index (κ3) is 7.34. The monoisotopic (exact) mass is 184 g/mol. The van der Waals surface area contributed by atoms with E-state index in [9.17, 15) is 0 Å². The molecule has 0 aliphatic rings. The molecule has 1 aromatic rings. The minimum absolute atomic E-state index is 0.0281. The number of hydrogen-bond acceptors (Lipinski definition) is 2. The molecule has 0 spiro atoms. The second-order valence-electron chi connectivity index (χ2n) is 1.82. The van der Waals surface area contributed by atoms with Crippen molar-refractivity contribution in [2.45, 2.75) is 34.3 Å². The van der Waals surface area contributed by atoms with Crippen LogP contribution in [0.15, 0.2) is 24.3 Å². The molecule has 0 saturated heterocycles. The molecular weight excluding hydrogens is 164 g/mol. The molecule has 0 atom stereocenters. The van der Waals surface area contributed by atoms with Gasteiger partial charge in [-0.2, -0.15) is 0 Å². The SMILES string of the molecule is CC.CC.OCc1ccc(O)cc1. The number of hydrogen-bond donors (Lipinski definition) is 2. The van der Waals surface area contributed by atoms with E-state index in [1.807, 2.05) is 27.7 Å². The van der Waals surface area contributed by atoms with Crippen molar-refractivity contribution in [3.63, 3.8) is 0 Å². The number of benzene rings is 1. The Morgan fingerprint density at radius 3 is 1.62 bits per heavy atom. The first-order valence-corrected chi connectivity index (χ1v) is 4.71. The zero-order chi connectivity index (χ0) is 10.7. The zero-order valence-electron chi connectivity index (χ0n) is 8.91. The molecule has 1 aromatic carbocycles. The number of aromatic hydroxyl groups is 1. The van der Waals surface area contributed by atoms with Crippen LogP contribution < -0.4 is 0 Å². The van der Waals surface area contributed by atoms with Crippen molar-refractivity contribution in [2.75, 3.05) is 0 Å². The molecule has 1 rings (SSSR count). The third-order valence-corrected chi connectivity index (χ3v) is 1.12. The van der Waals surface area contributed by atoms with E-state index in [2.05, 4.69) is 0 Å². The maximum absolute atomic E-state index is 8.77. The third-order valence-electron chi connectivity index (χ3n) is 1.12. The first kappa shape index (κ1) is 14.5. The van der Waals surface area contributed by atoms with Crippen LogP contribution in [-0.2, 0) is 6.61 Å². The Balaban J connectivity index is 0. The van der Waals surface area contributed by atoms with Crippen LogP contribution in [0.1, 0.15) is 33.3 Å². The van der Waals surface area contributed by atoms with Crippen LogP contribution >= 0.6 is 0 Å². The van der Waals surface area contributed by atoms with Gasteiger partial charge in [-0.05, 0) is 17.7 Å². The first-order valence-electron chi connectivity index (χ1n) is 4.71. The molecule has 0 aromatic heterocycles. The van der Waals surface area contributed by atoms with E-state index in [0.717, 1.165) is 5.56 Å². The summed E-state index contributed by atoms with van der Waals surface area (Å²) in [6.45, 7) is 8.03. The van der Waals surface area contributed by atoms with E-state index in [1.165, 1.54) is 0 Å². The molecule has 0 amide bonds. The predicted octanol–water partition coefficient (Wildman–Crippen LogP) is 2.94. The average Bonchev–Trinajstić information content (AvgIpc) is 2.25. The lowest BCUT2D eigenvalue weighted by Crippen LogP contribution is -1.78. The van der Waals surface area contributed by atoms with Crippen LogP contribution in [0.2, 0.25) is 0 Å². The fraction of sp³-hybridized carbons (Fsp3) is 0.455. The smallest absolute Gasteiger partial charge is 0.115 e. The second-order valence-corrected chi connectivity index (χ2v) is 1.82. The highest BCUT2D eigenvalue weighted by molar-refractivity contribution is 5.25. The molecule has 0 bridgehead atoms. The molecule has 0 unspecified atom stereocenters. The largest absolute Gasteiger partial charge is 0.508 e. The lowest BCUT2D eigenvalue weighted by atomic mass is 10.2.